The van der Waals surface area contributed by atoms with Crippen LogP contribution in [0.2, 0.25) is 5.02 Å². The third kappa shape index (κ3) is 4.71. The predicted molar refractivity (Wildman–Crippen MR) is 124 cm³/mol. The Labute approximate surface area is 196 Å². The summed E-state index contributed by atoms with van der Waals surface area (Å²) < 4.78 is 0. The van der Waals surface area contributed by atoms with Crippen molar-refractivity contribution in [2.45, 2.75) is 45.3 Å². The van der Waals surface area contributed by atoms with Crippen molar-refractivity contribution in [2.75, 3.05) is 11.9 Å². The topological polar surface area (TPSA) is 98.8 Å². The first-order chi connectivity index (χ1) is 15.7. The SMILES string of the molecule is Cc1ccc(N(C)C(=O)NCc2ccc3c(c2)CN([C@H]2CCCC(=O)NC2=O)C3=O)cc1Cl. The molecule has 2 aliphatic rings. The van der Waals surface area contributed by atoms with E-state index < -0.39 is 11.9 Å². The summed E-state index contributed by atoms with van der Waals surface area (Å²) >= 11 is 6.16. The highest BCUT2D eigenvalue weighted by atomic mass is 35.5. The second kappa shape index (κ2) is 9.23. The number of carbonyl (C=O) groups is 4. The molecule has 0 radical (unpaired) electrons. The van der Waals surface area contributed by atoms with Crippen molar-refractivity contribution in [3.8, 4) is 0 Å². The summed E-state index contributed by atoms with van der Waals surface area (Å²) in [6.07, 6.45) is 1.29. The van der Waals surface area contributed by atoms with E-state index in [0.29, 0.717) is 35.7 Å². The van der Waals surface area contributed by atoms with Crippen LogP contribution in [0.25, 0.3) is 0 Å². The number of carbonyl (C=O) groups excluding carboxylic acids is 4. The highest BCUT2D eigenvalue weighted by molar-refractivity contribution is 6.31. The van der Waals surface area contributed by atoms with Crippen molar-refractivity contribution in [1.82, 2.24) is 15.5 Å². The number of aryl methyl sites for hydroxylation is 1. The Bertz CT molecular complexity index is 1150. The monoisotopic (exact) mass is 468 g/mol. The summed E-state index contributed by atoms with van der Waals surface area (Å²) in [6.45, 7) is 2.47. The normalized spacial score (nSPS) is 18.0. The second-order valence-corrected chi connectivity index (χ2v) is 8.80. The molecule has 1 fully saturated rings. The van der Waals surface area contributed by atoms with Gasteiger partial charge in [0.15, 0.2) is 0 Å². The van der Waals surface area contributed by atoms with Gasteiger partial charge < -0.3 is 10.2 Å². The molecule has 0 spiro atoms. The van der Waals surface area contributed by atoms with Gasteiger partial charge in [0.1, 0.15) is 6.04 Å². The maximum atomic E-state index is 12.9. The fraction of sp³-hybridized carbons (Fsp3) is 0.333. The van der Waals surface area contributed by atoms with Crippen LogP contribution >= 0.6 is 11.6 Å². The molecule has 0 bridgehead atoms. The summed E-state index contributed by atoms with van der Waals surface area (Å²) in [4.78, 5) is 52.5. The zero-order valence-corrected chi connectivity index (χ0v) is 19.2. The Balaban J connectivity index is 1.41. The fourth-order valence-corrected chi connectivity index (χ4v) is 4.30. The molecule has 2 N–H and O–H groups in total. The van der Waals surface area contributed by atoms with E-state index >= 15 is 0 Å². The van der Waals surface area contributed by atoms with E-state index in [4.69, 9.17) is 11.6 Å². The molecule has 2 aromatic rings. The molecule has 1 atom stereocenters. The first-order valence-corrected chi connectivity index (χ1v) is 11.2. The smallest absolute Gasteiger partial charge is 0.321 e. The van der Waals surface area contributed by atoms with Crippen LogP contribution in [0.4, 0.5) is 10.5 Å². The van der Waals surface area contributed by atoms with Gasteiger partial charge in [0, 0.05) is 42.8 Å². The van der Waals surface area contributed by atoms with Crippen molar-refractivity contribution in [3.05, 3.63) is 63.7 Å². The van der Waals surface area contributed by atoms with Crippen molar-refractivity contribution in [3.63, 3.8) is 0 Å². The molecule has 5 amide bonds. The van der Waals surface area contributed by atoms with E-state index in [0.717, 1.165) is 16.7 Å². The van der Waals surface area contributed by atoms with Crippen LogP contribution in [0.5, 0.6) is 0 Å². The van der Waals surface area contributed by atoms with E-state index in [1.165, 1.54) is 9.80 Å². The van der Waals surface area contributed by atoms with Crippen LogP contribution < -0.4 is 15.5 Å². The quantitative estimate of drug-likeness (QED) is 0.673. The van der Waals surface area contributed by atoms with Gasteiger partial charge in [-0.05, 0) is 54.7 Å². The number of urea groups is 1. The lowest BCUT2D eigenvalue weighted by atomic mass is 10.1. The molecular formula is C24H25ClN4O4. The minimum absolute atomic E-state index is 0.217. The minimum atomic E-state index is -0.658. The highest BCUT2D eigenvalue weighted by Crippen LogP contribution is 2.28. The number of hydrogen-bond acceptors (Lipinski definition) is 4. The van der Waals surface area contributed by atoms with Gasteiger partial charge in [-0.3, -0.25) is 24.6 Å². The predicted octanol–water partition coefficient (Wildman–Crippen LogP) is 3.15. The Morgan fingerprint density at radius 1 is 1.21 bits per heavy atom. The number of benzene rings is 2. The Morgan fingerprint density at radius 2 is 2.00 bits per heavy atom. The van der Waals surface area contributed by atoms with Crippen LogP contribution in [-0.4, -0.2) is 41.7 Å². The highest BCUT2D eigenvalue weighted by Gasteiger charge is 2.37. The molecule has 0 unspecified atom stereocenters. The molecule has 2 aromatic carbocycles. The summed E-state index contributed by atoms with van der Waals surface area (Å²) in [5.41, 5.74) is 3.79. The maximum absolute atomic E-state index is 12.9. The minimum Gasteiger partial charge on any atom is -0.334 e. The van der Waals surface area contributed by atoms with Gasteiger partial charge in [-0.15, -0.1) is 0 Å². The van der Waals surface area contributed by atoms with Crippen molar-refractivity contribution < 1.29 is 19.2 Å². The van der Waals surface area contributed by atoms with E-state index in [-0.39, 0.29) is 30.8 Å². The number of imide groups is 1. The maximum Gasteiger partial charge on any atom is 0.321 e. The van der Waals surface area contributed by atoms with Gasteiger partial charge in [-0.25, -0.2) is 4.79 Å². The Hall–Kier alpha value is -3.39. The number of nitrogens with zero attached hydrogens (tertiary/aromatic N) is 2. The molecule has 1 saturated heterocycles. The molecule has 9 heteroatoms. The molecule has 2 heterocycles. The average molecular weight is 469 g/mol. The lowest BCUT2D eigenvalue weighted by molar-refractivity contribution is -0.132. The van der Waals surface area contributed by atoms with E-state index in [2.05, 4.69) is 10.6 Å². The van der Waals surface area contributed by atoms with Gasteiger partial charge in [-0.2, -0.15) is 0 Å². The van der Waals surface area contributed by atoms with E-state index in [9.17, 15) is 19.2 Å². The zero-order chi connectivity index (χ0) is 23.7. The van der Waals surface area contributed by atoms with Crippen molar-refractivity contribution in [1.29, 1.82) is 0 Å². The molecular weight excluding hydrogens is 444 g/mol. The molecule has 8 nitrogen and oxygen atoms in total. The second-order valence-electron chi connectivity index (χ2n) is 8.40. The summed E-state index contributed by atoms with van der Waals surface area (Å²) in [6, 6.07) is 9.87. The number of rotatable bonds is 4. The number of nitrogens with one attached hydrogen (secondary N) is 2. The summed E-state index contributed by atoms with van der Waals surface area (Å²) in [5.74, 6) is -0.945. The Morgan fingerprint density at radius 3 is 2.76 bits per heavy atom. The third-order valence-corrected chi connectivity index (χ3v) is 6.52. The fourth-order valence-electron chi connectivity index (χ4n) is 4.13. The van der Waals surface area contributed by atoms with Crippen LogP contribution in [0.3, 0.4) is 0 Å². The van der Waals surface area contributed by atoms with Crippen LogP contribution in [0, 0.1) is 6.92 Å². The Kier molecular flexibility index (Phi) is 6.37. The first-order valence-electron chi connectivity index (χ1n) is 10.8. The van der Waals surface area contributed by atoms with E-state index in [1.807, 2.05) is 25.1 Å². The first kappa shape index (κ1) is 22.8. The lowest BCUT2D eigenvalue weighted by Crippen LogP contribution is -2.46. The lowest BCUT2D eigenvalue weighted by Gasteiger charge is -2.24. The summed E-state index contributed by atoms with van der Waals surface area (Å²) in [5, 5.41) is 5.82. The van der Waals surface area contributed by atoms with Gasteiger partial charge in [0.05, 0.1) is 0 Å². The van der Waals surface area contributed by atoms with Gasteiger partial charge in [-0.1, -0.05) is 29.8 Å². The number of fused-ring (bicyclic) bond motifs is 1. The number of anilines is 1. The van der Waals surface area contributed by atoms with E-state index in [1.54, 1.807) is 25.2 Å². The average Bonchev–Trinajstić information content (AvgIpc) is 3.01. The van der Waals surface area contributed by atoms with Crippen molar-refractivity contribution >= 4 is 41.0 Å². The largest absolute Gasteiger partial charge is 0.334 e. The standard InChI is InChI=1S/C24H25ClN4O4/c1-14-6-8-17(11-19(14)25)28(2)24(33)26-12-15-7-9-18-16(10-15)13-29(23(18)32)20-4-3-5-21(30)27-22(20)31/h6-11,20H,3-5,12-13H2,1-2H3,(H,26,33)(H,27,30,31)/t20-/m0/s1. The van der Waals surface area contributed by atoms with Crippen LogP contribution in [0.1, 0.15) is 46.3 Å². The molecule has 33 heavy (non-hydrogen) atoms. The van der Waals surface area contributed by atoms with Gasteiger partial charge in [0.2, 0.25) is 11.8 Å². The summed E-state index contributed by atoms with van der Waals surface area (Å²) in [7, 11) is 1.66. The zero-order valence-electron chi connectivity index (χ0n) is 18.5. The molecule has 0 saturated carbocycles. The molecule has 2 aliphatic heterocycles. The van der Waals surface area contributed by atoms with Gasteiger partial charge in [0.25, 0.3) is 5.91 Å². The van der Waals surface area contributed by atoms with Crippen LogP contribution in [0.15, 0.2) is 36.4 Å². The van der Waals surface area contributed by atoms with Gasteiger partial charge >= 0.3 is 6.03 Å². The number of hydrogen-bond donors (Lipinski definition) is 2. The molecule has 4 rings (SSSR count). The molecule has 0 aromatic heterocycles. The number of halogens is 1. The molecule has 0 aliphatic carbocycles. The third-order valence-electron chi connectivity index (χ3n) is 6.12. The molecule has 172 valence electrons. The van der Waals surface area contributed by atoms with Crippen molar-refractivity contribution in [2.24, 2.45) is 0 Å². The number of amides is 5. The van der Waals surface area contributed by atoms with Crippen LogP contribution in [-0.2, 0) is 22.7 Å².